The number of H-pyrrole nitrogens is 1. The van der Waals surface area contributed by atoms with Crippen LogP contribution in [0.2, 0.25) is 0 Å². The van der Waals surface area contributed by atoms with E-state index >= 15 is 0 Å². The molecule has 110 valence electrons. The van der Waals surface area contributed by atoms with Gasteiger partial charge in [-0.2, -0.15) is 5.26 Å². The minimum atomic E-state index is -0.248. The fourth-order valence-electron chi connectivity index (χ4n) is 3.20. The molecule has 2 atom stereocenters. The first-order valence-corrected chi connectivity index (χ1v) is 7.48. The van der Waals surface area contributed by atoms with Crippen molar-refractivity contribution in [1.82, 2.24) is 14.9 Å². The predicted octanol–water partition coefficient (Wildman–Crippen LogP) is 2.95. The van der Waals surface area contributed by atoms with E-state index in [1.165, 1.54) is 0 Å². The van der Waals surface area contributed by atoms with Gasteiger partial charge in [0.2, 0.25) is 5.95 Å². The highest BCUT2D eigenvalue weighted by molar-refractivity contribution is 5.77. The molecular weight excluding hydrogens is 262 g/mol. The van der Waals surface area contributed by atoms with E-state index in [4.69, 9.17) is 5.26 Å². The van der Waals surface area contributed by atoms with E-state index in [1.807, 2.05) is 24.3 Å². The van der Waals surface area contributed by atoms with E-state index in [1.54, 1.807) is 0 Å². The number of para-hydroxylation sites is 2. The predicted molar refractivity (Wildman–Crippen MR) is 83.7 cm³/mol. The Morgan fingerprint density at radius 3 is 3.10 bits per heavy atom. The topological polar surface area (TPSA) is 67.7 Å². The van der Waals surface area contributed by atoms with Gasteiger partial charge in [-0.25, -0.2) is 4.98 Å². The molecule has 0 radical (unpaired) electrons. The Kier molecular flexibility index (Phi) is 3.56. The van der Waals surface area contributed by atoms with Crippen molar-refractivity contribution in [3.8, 4) is 6.07 Å². The Bertz CT molecular complexity index is 638. The van der Waals surface area contributed by atoms with Crippen molar-refractivity contribution in [3.63, 3.8) is 0 Å². The molecular formula is C16H21N5. The highest BCUT2D eigenvalue weighted by Gasteiger charge is 2.40. The van der Waals surface area contributed by atoms with E-state index in [0.717, 1.165) is 36.4 Å². The molecule has 3 rings (SSSR count). The number of anilines is 1. The summed E-state index contributed by atoms with van der Waals surface area (Å²) in [6.45, 7) is 5.79. The zero-order valence-corrected chi connectivity index (χ0v) is 12.6. The van der Waals surface area contributed by atoms with E-state index in [2.05, 4.69) is 40.1 Å². The second-order valence-electron chi connectivity index (χ2n) is 6.00. The number of aromatic nitrogens is 2. The summed E-state index contributed by atoms with van der Waals surface area (Å²) in [4.78, 5) is 10.1. The molecule has 1 aromatic heterocycles. The van der Waals surface area contributed by atoms with Gasteiger partial charge >= 0.3 is 0 Å². The Morgan fingerprint density at radius 1 is 1.52 bits per heavy atom. The first kappa shape index (κ1) is 13.9. The molecule has 1 saturated heterocycles. The van der Waals surface area contributed by atoms with Crippen molar-refractivity contribution in [2.24, 2.45) is 5.92 Å². The van der Waals surface area contributed by atoms with Crippen molar-refractivity contribution in [1.29, 1.82) is 5.26 Å². The number of nitrogens with zero attached hydrogens (tertiary/aromatic N) is 3. The molecule has 1 aliphatic heterocycles. The molecule has 5 nitrogen and oxygen atoms in total. The number of nitriles is 1. The number of nitrogens with one attached hydrogen (secondary N) is 2. The van der Waals surface area contributed by atoms with E-state index < -0.39 is 0 Å². The smallest absolute Gasteiger partial charge is 0.202 e. The van der Waals surface area contributed by atoms with Gasteiger partial charge in [-0.3, -0.25) is 4.90 Å². The Labute approximate surface area is 125 Å². The lowest BCUT2D eigenvalue weighted by molar-refractivity contribution is 0.0493. The molecule has 0 aliphatic carbocycles. The van der Waals surface area contributed by atoms with Crippen LogP contribution in [0.25, 0.3) is 11.0 Å². The third kappa shape index (κ3) is 2.47. The highest BCUT2D eigenvalue weighted by atomic mass is 15.4. The molecule has 5 heteroatoms. The minimum absolute atomic E-state index is 0.248. The molecule has 1 aromatic carbocycles. The zero-order valence-electron chi connectivity index (χ0n) is 12.6. The Balaban J connectivity index is 1.90. The van der Waals surface area contributed by atoms with Gasteiger partial charge in [0.15, 0.2) is 0 Å². The molecule has 21 heavy (non-hydrogen) atoms. The molecule has 0 saturated carbocycles. The highest BCUT2D eigenvalue weighted by Crippen LogP contribution is 2.33. The maximum atomic E-state index is 9.07. The Morgan fingerprint density at radius 2 is 2.33 bits per heavy atom. The number of rotatable bonds is 3. The third-order valence-electron chi connectivity index (χ3n) is 4.70. The summed E-state index contributed by atoms with van der Waals surface area (Å²) in [5, 5.41) is 12.6. The van der Waals surface area contributed by atoms with Crippen molar-refractivity contribution >= 4 is 17.0 Å². The normalized spacial score (nSPS) is 26.6. The molecule has 2 N–H and O–H groups in total. The lowest BCUT2D eigenvalue weighted by Crippen LogP contribution is -2.59. The molecule has 0 amide bonds. The summed E-state index contributed by atoms with van der Waals surface area (Å²) >= 11 is 0. The molecule has 0 spiro atoms. The van der Waals surface area contributed by atoms with Crippen LogP contribution in [-0.4, -0.2) is 33.6 Å². The largest absolute Gasteiger partial charge is 0.337 e. The van der Waals surface area contributed by atoms with Gasteiger partial charge < -0.3 is 10.3 Å². The fourth-order valence-corrected chi connectivity index (χ4v) is 3.20. The number of piperidine rings is 1. The maximum absolute atomic E-state index is 9.07. The van der Waals surface area contributed by atoms with Crippen LogP contribution in [0.15, 0.2) is 24.3 Å². The third-order valence-corrected chi connectivity index (χ3v) is 4.70. The van der Waals surface area contributed by atoms with Crippen LogP contribution in [0.3, 0.4) is 0 Å². The van der Waals surface area contributed by atoms with Crippen LogP contribution < -0.4 is 5.32 Å². The summed E-state index contributed by atoms with van der Waals surface area (Å²) in [5.41, 5.74) is 1.74. The van der Waals surface area contributed by atoms with Crippen LogP contribution in [-0.2, 0) is 0 Å². The van der Waals surface area contributed by atoms with Crippen molar-refractivity contribution in [3.05, 3.63) is 24.3 Å². The average Bonchev–Trinajstić information content (AvgIpc) is 2.86. The van der Waals surface area contributed by atoms with Crippen LogP contribution in [0.4, 0.5) is 5.95 Å². The SMILES string of the molecule is CC1CCCN(CC#N)C1(C)Nc1nc2ccccc2[nH]1. The number of hydrogen-bond acceptors (Lipinski definition) is 4. The molecule has 2 unspecified atom stereocenters. The van der Waals surface area contributed by atoms with Crippen molar-refractivity contribution < 1.29 is 0 Å². The second-order valence-corrected chi connectivity index (χ2v) is 6.00. The van der Waals surface area contributed by atoms with Crippen LogP contribution >= 0.6 is 0 Å². The number of aromatic amines is 1. The lowest BCUT2D eigenvalue weighted by Gasteiger charge is -2.48. The van der Waals surface area contributed by atoms with Gasteiger partial charge in [-0.15, -0.1) is 0 Å². The Hall–Kier alpha value is -2.06. The van der Waals surface area contributed by atoms with E-state index in [-0.39, 0.29) is 5.66 Å². The van der Waals surface area contributed by atoms with Gasteiger partial charge in [-0.1, -0.05) is 19.1 Å². The number of imidazole rings is 1. The monoisotopic (exact) mass is 283 g/mol. The number of fused-ring (bicyclic) bond motifs is 1. The molecule has 2 aromatic rings. The molecule has 1 aliphatic rings. The van der Waals surface area contributed by atoms with Crippen LogP contribution in [0.1, 0.15) is 26.7 Å². The first-order chi connectivity index (χ1) is 10.1. The number of likely N-dealkylation sites (tertiary alicyclic amines) is 1. The minimum Gasteiger partial charge on any atom is -0.337 e. The molecule has 1 fully saturated rings. The van der Waals surface area contributed by atoms with Crippen molar-refractivity contribution in [2.75, 3.05) is 18.4 Å². The number of benzene rings is 1. The fraction of sp³-hybridized carbons (Fsp3) is 0.500. The van der Waals surface area contributed by atoms with Gasteiger partial charge in [-0.05, 0) is 37.8 Å². The summed E-state index contributed by atoms with van der Waals surface area (Å²) in [5.74, 6) is 1.23. The van der Waals surface area contributed by atoms with E-state index in [0.29, 0.717) is 12.5 Å². The summed E-state index contributed by atoms with van der Waals surface area (Å²) in [7, 11) is 0. The van der Waals surface area contributed by atoms with Gasteiger partial charge in [0, 0.05) is 6.54 Å². The second kappa shape index (κ2) is 5.38. The average molecular weight is 283 g/mol. The van der Waals surface area contributed by atoms with Gasteiger partial charge in [0.05, 0.1) is 29.3 Å². The van der Waals surface area contributed by atoms with Crippen LogP contribution in [0.5, 0.6) is 0 Å². The number of hydrogen-bond donors (Lipinski definition) is 2. The zero-order chi connectivity index (χ0) is 14.9. The van der Waals surface area contributed by atoms with E-state index in [9.17, 15) is 0 Å². The summed E-state index contributed by atoms with van der Waals surface area (Å²) < 4.78 is 0. The van der Waals surface area contributed by atoms with Crippen molar-refractivity contribution in [2.45, 2.75) is 32.4 Å². The summed E-state index contributed by atoms with van der Waals surface area (Å²) in [6, 6.07) is 10.3. The standard InChI is InChI=1S/C16H21N5/c1-12-6-5-10-21(11-9-17)16(12,2)20-15-18-13-7-3-4-8-14(13)19-15/h3-4,7-8,12H,5-6,10-11H2,1-2H3,(H2,18,19,20). The van der Waals surface area contributed by atoms with Crippen LogP contribution in [0, 0.1) is 17.2 Å². The molecule has 0 bridgehead atoms. The van der Waals surface area contributed by atoms with Gasteiger partial charge in [0.25, 0.3) is 0 Å². The summed E-state index contributed by atoms with van der Waals surface area (Å²) in [6.07, 6.45) is 2.30. The first-order valence-electron chi connectivity index (χ1n) is 7.48. The van der Waals surface area contributed by atoms with Gasteiger partial charge in [0.1, 0.15) is 0 Å². The maximum Gasteiger partial charge on any atom is 0.202 e. The lowest BCUT2D eigenvalue weighted by atomic mass is 9.85. The molecule has 2 heterocycles. The quantitative estimate of drug-likeness (QED) is 0.850.